The highest BCUT2D eigenvalue weighted by Gasteiger charge is 2.28. The first kappa shape index (κ1) is 21.8. The van der Waals surface area contributed by atoms with Crippen molar-refractivity contribution in [2.75, 3.05) is 26.3 Å². The lowest BCUT2D eigenvalue weighted by atomic mass is 10.2. The molecule has 1 N–H and O–H groups in total. The molecule has 0 amide bonds. The van der Waals surface area contributed by atoms with Crippen LogP contribution in [-0.2, 0) is 31.3 Å². The fourth-order valence-corrected chi connectivity index (χ4v) is 6.96. The van der Waals surface area contributed by atoms with E-state index in [1.807, 2.05) is 0 Å². The van der Waals surface area contributed by atoms with Crippen LogP contribution in [0.5, 0.6) is 0 Å². The third-order valence-electron chi connectivity index (χ3n) is 4.31. The lowest BCUT2D eigenvalue weighted by Crippen LogP contribution is -2.40. The molecule has 1 fully saturated rings. The average molecular weight is 462 g/mol. The first-order valence-corrected chi connectivity index (χ1v) is 12.3. The van der Waals surface area contributed by atoms with Crippen LogP contribution < -0.4 is 4.72 Å². The molecule has 2 heterocycles. The van der Waals surface area contributed by atoms with Gasteiger partial charge in [0.2, 0.25) is 10.0 Å². The Kier molecular flexibility index (Phi) is 6.36. The minimum absolute atomic E-state index is 0.125. The molecule has 3 rings (SSSR count). The van der Waals surface area contributed by atoms with E-state index in [1.165, 1.54) is 29.4 Å². The number of nitro benzene ring substituents is 1. The molecule has 0 saturated carbocycles. The van der Waals surface area contributed by atoms with Gasteiger partial charge in [-0.1, -0.05) is 6.07 Å². The largest absolute Gasteiger partial charge is 0.379 e. The summed E-state index contributed by atoms with van der Waals surface area (Å²) >= 11 is 0.976. The van der Waals surface area contributed by atoms with Crippen LogP contribution >= 0.6 is 11.3 Å². The van der Waals surface area contributed by atoms with Crippen molar-refractivity contribution in [3.63, 3.8) is 0 Å². The van der Waals surface area contributed by atoms with E-state index >= 15 is 0 Å². The molecule has 1 saturated heterocycles. The molecule has 0 aliphatic carbocycles. The van der Waals surface area contributed by atoms with Crippen LogP contribution in [0.3, 0.4) is 0 Å². The van der Waals surface area contributed by atoms with Gasteiger partial charge in [-0.3, -0.25) is 10.1 Å². The molecule has 0 spiro atoms. The molecule has 0 unspecified atom stereocenters. The Morgan fingerprint density at radius 2 is 1.86 bits per heavy atom. The standard InChI is InChI=1S/C16H19N3O7S3/c1-12-2-3-13(19(20)21)10-15(12)28(22,23)17-11-14-4-5-16(27-14)29(24,25)18-6-8-26-9-7-18/h2-5,10,17H,6-9,11H2,1H3. The normalized spacial score (nSPS) is 16.0. The molecule has 13 heteroatoms. The van der Waals surface area contributed by atoms with Crippen molar-refractivity contribution in [1.82, 2.24) is 9.03 Å². The molecule has 1 aliphatic heterocycles. The fourth-order valence-electron chi connectivity index (χ4n) is 2.74. The summed E-state index contributed by atoms with van der Waals surface area (Å²) in [6, 6.07) is 6.58. The maximum Gasteiger partial charge on any atom is 0.270 e. The molecule has 29 heavy (non-hydrogen) atoms. The Labute approximate surface area is 172 Å². The van der Waals surface area contributed by atoms with Gasteiger partial charge in [0.25, 0.3) is 15.7 Å². The number of nitrogens with one attached hydrogen (secondary N) is 1. The van der Waals surface area contributed by atoms with Gasteiger partial charge in [-0.2, -0.15) is 4.31 Å². The van der Waals surface area contributed by atoms with Gasteiger partial charge in [0, 0.05) is 36.6 Å². The minimum Gasteiger partial charge on any atom is -0.379 e. The van der Waals surface area contributed by atoms with Gasteiger partial charge >= 0.3 is 0 Å². The van der Waals surface area contributed by atoms with E-state index in [0.717, 1.165) is 17.4 Å². The van der Waals surface area contributed by atoms with Crippen molar-refractivity contribution in [2.45, 2.75) is 22.6 Å². The van der Waals surface area contributed by atoms with Crippen molar-refractivity contribution < 1.29 is 26.5 Å². The Hall–Kier alpha value is -1.90. The molecule has 1 aromatic heterocycles. The zero-order valence-corrected chi connectivity index (χ0v) is 17.8. The number of benzene rings is 1. The number of nitro groups is 1. The zero-order valence-electron chi connectivity index (χ0n) is 15.4. The van der Waals surface area contributed by atoms with E-state index in [2.05, 4.69) is 4.72 Å². The number of rotatable bonds is 7. The summed E-state index contributed by atoms with van der Waals surface area (Å²) < 4.78 is 59.5. The number of sulfonamides is 2. The van der Waals surface area contributed by atoms with E-state index in [4.69, 9.17) is 4.74 Å². The van der Waals surface area contributed by atoms with Gasteiger partial charge in [0.05, 0.1) is 23.0 Å². The maximum absolute atomic E-state index is 12.6. The van der Waals surface area contributed by atoms with Gasteiger partial charge in [0.15, 0.2) is 0 Å². The number of morpholine rings is 1. The summed E-state index contributed by atoms with van der Waals surface area (Å²) in [5, 5.41) is 10.9. The summed E-state index contributed by atoms with van der Waals surface area (Å²) in [5.41, 5.74) is 0.0378. The number of ether oxygens (including phenoxy) is 1. The van der Waals surface area contributed by atoms with Crippen molar-refractivity contribution >= 4 is 37.1 Å². The third kappa shape index (κ3) is 4.82. The molecular formula is C16H19N3O7S3. The van der Waals surface area contributed by atoms with Crippen molar-refractivity contribution in [3.8, 4) is 0 Å². The van der Waals surface area contributed by atoms with E-state index in [-0.39, 0.29) is 34.4 Å². The number of thiophene rings is 1. The third-order valence-corrected chi connectivity index (χ3v) is 9.30. The Bertz CT molecular complexity index is 1120. The highest BCUT2D eigenvalue weighted by atomic mass is 32.2. The highest BCUT2D eigenvalue weighted by molar-refractivity contribution is 7.91. The second-order valence-electron chi connectivity index (χ2n) is 6.27. The lowest BCUT2D eigenvalue weighted by Gasteiger charge is -2.25. The number of non-ortho nitro benzene ring substituents is 1. The van der Waals surface area contributed by atoms with Crippen LogP contribution in [0.25, 0.3) is 0 Å². The summed E-state index contributed by atoms with van der Waals surface area (Å²) in [6.07, 6.45) is 0. The van der Waals surface area contributed by atoms with Crippen LogP contribution in [0.4, 0.5) is 5.69 Å². The Morgan fingerprint density at radius 1 is 1.17 bits per heavy atom. The van der Waals surface area contributed by atoms with Crippen molar-refractivity contribution in [2.24, 2.45) is 0 Å². The van der Waals surface area contributed by atoms with E-state index in [1.54, 1.807) is 6.07 Å². The van der Waals surface area contributed by atoms with Gasteiger partial charge < -0.3 is 4.74 Å². The van der Waals surface area contributed by atoms with Gasteiger partial charge in [-0.05, 0) is 24.6 Å². The second-order valence-corrected chi connectivity index (χ2v) is 11.3. The minimum atomic E-state index is -4.02. The Balaban J connectivity index is 1.75. The van der Waals surface area contributed by atoms with Gasteiger partial charge in [0.1, 0.15) is 4.21 Å². The topological polar surface area (TPSA) is 136 Å². The molecule has 2 aromatic rings. The van der Waals surface area contributed by atoms with Gasteiger partial charge in [-0.15, -0.1) is 11.3 Å². The van der Waals surface area contributed by atoms with Crippen molar-refractivity contribution in [3.05, 3.63) is 50.9 Å². The average Bonchev–Trinajstić information content (AvgIpc) is 3.17. The van der Waals surface area contributed by atoms with E-state index in [9.17, 15) is 26.9 Å². The number of nitrogens with zero attached hydrogens (tertiary/aromatic N) is 2. The molecule has 10 nitrogen and oxygen atoms in total. The highest BCUT2D eigenvalue weighted by Crippen LogP contribution is 2.26. The van der Waals surface area contributed by atoms with E-state index < -0.39 is 25.0 Å². The summed E-state index contributed by atoms with van der Waals surface area (Å²) in [7, 11) is -7.67. The van der Waals surface area contributed by atoms with Crippen LogP contribution in [-0.4, -0.2) is 52.4 Å². The molecule has 158 valence electrons. The van der Waals surface area contributed by atoms with E-state index in [0.29, 0.717) is 23.7 Å². The quantitative estimate of drug-likeness (QED) is 0.487. The number of hydrogen-bond donors (Lipinski definition) is 1. The number of aryl methyl sites for hydroxylation is 1. The van der Waals surface area contributed by atoms with Crippen LogP contribution in [0.15, 0.2) is 39.4 Å². The summed E-state index contributed by atoms with van der Waals surface area (Å²) in [4.78, 5) is 10.6. The predicted octanol–water partition coefficient (Wildman–Crippen LogP) is 1.46. The zero-order chi connectivity index (χ0) is 21.2. The molecule has 0 bridgehead atoms. The van der Waals surface area contributed by atoms with Gasteiger partial charge in [-0.25, -0.2) is 21.6 Å². The molecular weight excluding hydrogens is 442 g/mol. The second kappa shape index (κ2) is 8.45. The molecule has 1 aliphatic rings. The first-order chi connectivity index (χ1) is 13.6. The van der Waals surface area contributed by atoms with Crippen LogP contribution in [0.2, 0.25) is 0 Å². The number of hydrogen-bond acceptors (Lipinski definition) is 8. The molecule has 0 radical (unpaired) electrons. The first-order valence-electron chi connectivity index (χ1n) is 8.52. The molecule has 0 atom stereocenters. The summed E-state index contributed by atoms with van der Waals surface area (Å²) in [6.45, 7) is 2.62. The Morgan fingerprint density at radius 3 is 2.52 bits per heavy atom. The monoisotopic (exact) mass is 461 g/mol. The maximum atomic E-state index is 12.6. The SMILES string of the molecule is Cc1ccc([N+](=O)[O-])cc1S(=O)(=O)NCc1ccc(S(=O)(=O)N2CCOCC2)s1. The molecule has 1 aromatic carbocycles. The smallest absolute Gasteiger partial charge is 0.270 e. The van der Waals surface area contributed by atoms with Crippen LogP contribution in [0.1, 0.15) is 10.4 Å². The van der Waals surface area contributed by atoms with Crippen molar-refractivity contribution in [1.29, 1.82) is 0 Å². The predicted molar refractivity (Wildman–Crippen MR) is 106 cm³/mol. The lowest BCUT2D eigenvalue weighted by molar-refractivity contribution is -0.385. The fraction of sp³-hybridized carbons (Fsp3) is 0.375. The van der Waals surface area contributed by atoms with Crippen LogP contribution in [0, 0.1) is 17.0 Å². The summed E-state index contributed by atoms with van der Waals surface area (Å²) in [5.74, 6) is 0.